The summed E-state index contributed by atoms with van der Waals surface area (Å²) >= 11 is 0. The first kappa shape index (κ1) is 11.1. The van der Waals surface area contributed by atoms with Crippen LogP contribution in [0.4, 0.5) is 5.82 Å². The molecule has 2 heterocycles. The molecule has 0 aromatic carbocycles. The number of H-pyrrole nitrogens is 1. The van der Waals surface area contributed by atoms with E-state index in [9.17, 15) is 4.79 Å². The Bertz CT molecular complexity index is 406. The second kappa shape index (κ2) is 4.63. The quantitative estimate of drug-likeness (QED) is 0.695. The summed E-state index contributed by atoms with van der Waals surface area (Å²) in [4.78, 5) is 20.3. The fourth-order valence-electron chi connectivity index (χ4n) is 1.80. The van der Waals surface area contributed by atoms with Gasteiger partial charge in [0.05, 0.1) is 18.8 Å². The van der Waals surface area contributed by atoms with Gasteiger partial charge in [0.2, 0.25) is 0 Å². The first-order valence-electron chi connectivity index (χ1n) is 5.34. The average molecular weight is 224 g/mol. The molecule has 1 fully saturated rings. The molecule has 1 aromatic heterocycles. The van der Waals surface area contributed by atoms with Crippen LogP contribution >= 0.6 is 0 Å². The number of hydrogen-bond donors (Lipinski definition) is 2. The molecule has 6 heteroatoms. The van der Waals surface area contributed by atoms with E-state index in [1.165, 1.54) is 6.20 Å². The highest BCUT2D eigenvalue weighted by Crippen LogP contribution is 2.15. The van der Waals surface area contributed by atoms with Gasteiger partial charge >= 0.3 is 0 Å². The summed E-state index contributed by atoms with van der Waals surface area (Å²) in [6.45, 7) is 3.63. The summed E-state index contributed by atoms with van der Waals surface area (Å²) in [6, 6.07) is 0.138. The number of aromatic nitrogens is 2. The van der Waals surface area contributed by atoms with Crippen LogP contribution in [0, 0.1) is 0 Å². The average Bonchev–Trinajstić information content (AvgIpc) is 2.31. The van der Waals surface area contributed by atoms with E-state index in [0.29, 0.717) is 25.5 Å². The highest BCUT2D eigenvalue weighted by Gasteiger charge is 2.27. The van der Waals surface area contributed by atoms with Gasteiger partial charge in [-0.3, -0.25) is 4.79 Å². The molecular formula is C10H16N4O2. The number of morpholine rings is 1. The van der Waals surface area contributed by atoms with Crippen molar-refractivity contribution in [2.45, 2.75) is 19.1 Å². The fraction of sp³-hybridized carbons (Fsp3) is 0.600. The molecule has 0 aliphatic carbocycles. The van der Waals surface area contributed by atoms with E-state index in [1.54, 1.807) is 6.20 Å². The molecule has 0 spiro atoms. The second-order valence-electron chi connectivity index (χ2n) is 3.93. The Balaban J connectivity index is 2.25. The molecule has 0 amide bonds. The van der Waals surface area contributed by atoms with E-state index < -0.39 is 0 Å². The van der Waals surface area contributed by atoms with Gasteiger partial charge in [-0.15, -0.1) is 0 Å². The third-order valence-electron chi connectivity index (χ3n) is 2.73. The van der Waals surface area contributed by atoms with Crippen molar-refractivity contribution >= 4 is 5.82 Å². The Morgan fingerprint density at radius 3 is 3.25 bits per heavy atom. The van der Waals surface area contributed by atoms with Crippen LogP contribution in [-0.4, -0.2) is 41.8 Å². The minimum Gasteiger partial charge on any atom is -0.373 e. The third kappa shape index (κ3) is 2.07. The molecule has 88 valence electrons. The molecule has 2 atom stereocenters. The predicted octanol–water partition coefficient (Wildman–Crippen LogP) is -0.678. The highest BCUT2D eigenvalue weighted by molar-refractivity contribution is 5.37. The Labute approximate surface area is 93.4 Å². The zero-order chi connectivity index (χ0) is 11.5. The Kier molecular flexibility index (Phi) is 3.21. The lowest BCUT2D eigenvalue weighted by atomic mass is 10.2. The number of rotatable bonds is 2. The SMILES string of the molecule is CC1COC(CN)CN1c1ncc[nH]c1=O. The number of hydrogen-bond acceptors (Lipinski definition) is 5. The normalized spacial score (nSPS) is 25.8. The lowest BCUT2D eigenvalue weighted by molar-refractivity contribution is 0.0279. The monoisotopic (exact) mass is 224 g/mol. The Hall–Kier alpha value is -1.40. The topological polar surface area (TPSA) is 84.2 Å². The molecule has 0 bridgehead atoms. The van der Waals surface area contributed by atoms with Gasteiger partial charge in [-0.25, -0.2) is 4.98 Å². The molecule has 2 unspecified atom stereocenters. The Morgan fingerprint density at radius 2 is 2.56 bits per heavy atom. The largest absolute Gasteiger partial charge is 0.373 e. The van der Waals surface area contributed by atoms with Crippen molar-refractivity contribution in [2.24, 2.45) is 5.73 Å². The van der Waals surface area contributed by atoms with Crippen LogP contribution in [-0.2, 0) is 4.74 Å². The number of anilines is 1. The summed E-state index contributed by atoms with van der Waals surface area (Å²) < 4.78 is 5.52. The minimum absolute atomic E-state index is 0.0300. The summed E-state index contributed by atoms with van der Waals surface area (Å²) in [6.07, 6.45) is 3.07. The fourth-order valence-corrected chi connectivity index (χ4v) is 1.80. The highest BCUT2D eigenvalue weighted by atomic mass is 16.5. The van der Waals surface area contributed by atoms with E-state index in [1.807, 2.05) is 11.8 Å². The molecule has 1 saturated heterocycles. The molecule has 2 rings (SSSR count). The maximum Gasteiger partial charge on any atom is 0.290 e. The van der Waals surface area contributed by atoms with Crippen molar-refractivity contribution in [3.05, 3.63) is 22.7 Å². The molecule has 0 radical (unpaired) electrons. The van der Waals surface area contributed by atoms with Crippen LogP contribution in [0.5, 0.6) is 0 Å². The van der Waals surface area contributed by atoms with Gasteiger partial charge < -0.3 is 20.4 Å². The first-order valence-corrected chi connectivity index (χ1v) is 5.34. The van der Waals surface area contributed by atoms with Crippen molar-refractivity contribution in [1.29, 1.82) is 0 Å². The van der Waals surface area contributed by atoms with Gasteiger partial charge in [-0.2, -0.15) is 0 Å². The van der Waals surface area contributed by atoms with Crippen LogP contribution < -0.4 is 16.2 Å². The lowest BCUT2D eigenvalue weighted by Gasteiger charge is -2.37. The van der Waals surface area contributed by atoms with Crippen molar-refractivity contribution < 1.29 is 4.74 Å². The van der Waals surface area contributed by atoms with Crippen molar-refractivity contribution in [1.82, 2.24) is 9.97 Å². The molecule has 0 saturated carbocycles. The smallest absolute Gasteiger partial charge is 0.290 e. The van der Waals surface area contributed by atoms with Crippen LogP contribution in [0.15, 0.2) is 17.2 Å². The van der Waals surface area contributed by atoms with Gasteiger partial charge in [-0.05, 0) is 6.92 Å². The van der Waals surface area contributed by atoms with Crippen molar-refractivity contribution in [2.75, 3.05) is 24.6 Å². The maximum absolute atomic E-state index is 11.6. The predicted molar refractivity (Wildman–Crippen MR) is 60.5 cm³/mol. The van der Waals surface area contributed by atoms with Gasteiger partial charge in [0.25, 0.3) is 5.56 Å². The van der Waals surface area contributed by atoms with E-state index in [4.69, 9.17) is 10.5 Å². The molecule has 6 nitrogen and oxygen atoms in total. The van der Waals surface area contributed by atoms with Gasteiger partial charge in [-0.1, -0.05) is 0 Å². The number of nitrogens with zero attached hydrogens (tertiary/aromatic N) is 2. The Morgan fingerprint density at radius 1 is 1.75 bits per heavy atom. The van der Waals surface area contributed by atoms with E-state index in [-0.39, 0.29) is 17.7 Å². The summed E-state index contributed by atoms with van der Waals surface area (Å²) in [7, 11) is 0. The summed E-state index contributed by atoms with van der Waals surface area (Å²) in [5.74, 6) is 0.441. The molecule has 3 N–H and O–H groups in total. The van der Waals surface area contributed by atoms with Crippen LogP contribution in [0.3, 0.4) is 0 Å². The number of aromatic amines is 1. The molecule has 1 aromatic rings. The third-order valence-corrected chi connectivity index (χ3v) is 2.73. The van der Waals surface area contributed by atoms with Gasteiger partial charge in [0.1, 0.15) is 0 Å². The van der Waals surface area contributed by atoms with Crippen LogP contribution in [0.2, 0.25) is 0 Å². The second-order valence-corrected chi connectivity index (χ2v) is 3.93. The maximum atomic E-state index is 11.6. The number of ether oxygens (including phenoxy) is 1. The van der Waals surface area contributed by atoms with Crippen molar-refractivity contribution in [3.8, 4) is 0 Å². The molecule has 1 aliphatic heterocycles. The molecular weight excluding hydrogens is 208 g/mol. The molecule has 16 heavy (non-hydrogen) atoms. The summed E-state index contributed by atoms with van der Waals surface area (Å²) in [5.41, 5.74) is 5.39. The zero-order valence-electron chi connectivity index (χ0n) is 9.22. The van der Waals surface area contributed by atoms with Gasteiger partial charge in [0, 0.05) is 25.5 Å². The standard InChI is InChI=1S/C10H16N4O2/c1-7-6-16-8(4-11)5-14(7)9-10(15)13-3-2-12-9/h2-3,7-8H,4-6,11H2,1H3,(H,13,15). The first-order chi connectivity index (χ1) is 7.72. The lowest BCUT2D eigenvalue weighted by Crippen LogP contribution is -2.52. The number of nitrogens with one attached hydrogen (secondary N) is 1. The van der Waals surface area contributed by atoms with E-state index in [2.05, 4.69) is 9.97 Å². The molecule has 1 aliphatic rings. The van der Waals surface area contributed by atoms with Gasteiger partial charge in [0.15, 0.2) is 5.82 Å². The van der Waals surface area contributed by atoms with Crippen LogP contribution in [0.1, 0.15) is 6.92 Å². The van der Waals surface area contributed by atoms with Crippen molar-refractivity contribution in [3.63, 3.8) is 0 Å². The minimum atomic E-state index is -0.174. The number of nitrogens with two attached hydrogens (primary N) is 1. The van der Waals surface area contributed by atoms with E-state index in [0.717, 1.165) is 0 Å². The zero-order valence-corrected chi connectivity index (χ0v) is 9.22. The summed E-state index contributed by atoms with van der Waals surface area (Å²) in [5, 5.41) is 0. The van der Waals surface area contributed by atoms with E-state index >= 15 is 0 Å². The van der Waals surface area contributed by atoms with Crippen LogP contribution in [0.25, 0.3) is 0 Å².